The zero-order valence-corrected chi connectivity index (χ0v) is 28.9. The van der Waals surface area contributed by atoms with Crippen molar-refractivity contribution in [1.82, 2.24) is 0 Å². The van der Waals surface area contributed by atoms with Gasteiger partial charge in [0, 0.05) is 5.56 Å². The zero-order chi connectivity index (χ0) is 29.6. The maximum Gasteiger partial charge on any atom is 0.265 e. The molecule has 0 spiro atoms. The van der Waals surface area contributed by atoms with Crippen LogP contribution in [-0.2, 0) is 27.8 Å². The highest BCUT2D eigenvalue weighted by Crippen LogP contribution is 2.46. The molecule has 2 heterocycles. The molecule has 1 N–H and O–H groups in total. The van der Waals surface area contributed by atoms with Gasteiger partial charge >= 0.3 is 0 Å². The minimum atomic E-state index is -2.41. The molecule has 2 fully saturated rings. The van der Waals surface area contributed by atoms with Crippen molar-refractivity contribution in [3.05, 3.63) is 35.9 Å². The van der Waals surface area contributed by atoms with E-state index < -0.39 is 63.3 Å². The van der Waals surface area contributed by atoms with Crippen LogP contribution in [0.5, 0.6) is 0 Å². The van der Waals surface area contributed by atoms with Crippen molar-refractivity contribution in [2.45, 2.75) is 119 Å². The summed E-state index contributed by atoms with van der Waals surface area (Å²) in [5.74, 6) is -0.550. The molecule has 39 heavy (non-hydrogen) atoms. The SMILES string of the molecule is CC(C)(C)[Si](C)(C)O[C@@H]1[C@@H](O[Si](C)(C)C(C)(C)C)[C@@H](OC(=N)C(Cl)(Cl)Cl)O[C@@H]2COC(c3ccccc3)O[C@@H]12. The number of ether oxygens (including phenoxy) is 4. The molecule has 0 aliphatic carbocycles. The maximum absolute atomic E-state index is 8.30. The van der Waals surface area contributed by atoms with Gasteiger partial charge in [0.15, 0.2) is 22.9 Å². The van der Waals surface area contributed by atoms with Gasteiger partial charge in [-0.15, -0.1) is 0 Å². The number of benzene rings is 1. The third kappa shape index (κ3) is 7.80. The first kappa shape index (κ1) is 33.3. The van der Waals surface area contributed by atoms with E-state index in [4.69, 9.17) is 68.0 Å². The number of halogens is 3. The van der Waals surface area contributed by atoms with E-state index in [9.17, 15) is 0 Å². The molecular weight excluding hydrogens is 597 g/mol. The molecule has 222 valence electrons. The molecular formula is C27H44Cl3NO6Si2. The molecule has 0 radical (unpaired) electrons. The highest BCUT2D eigenvalue weighted by atomic mass is 35.6. The van der Waals surface area contributed by atoms with E-state index >= 15 is 0 Å². The van der Waals surface area contributed by atoms with Gasteiger partial charge in [-0.05, 0) is 36.3 Å². The molecule has 6 atom stereocenters. The molecule has 0 aromatic heterocycles. The number of alkyl halides is 3. The van der Waals surface area contributed by atoms with Crippen LogP contribution in [-0.4, -0.2) is 63.6 Å². The van der Waals surface area contributed by atoms with Gasteiger partial charge in [-0.25, -0.2) is 0 Å². The summed E-state index contributed by atoms with van der Waals surface area (Å²) < 4.78 is 37.0. The Bertz CT molecular complexity index is 994. The number of rotatable bonds is 6. The van der Waals surface area contributed by atoms with Crippen LogP contribution in [0, 0.1) is 5.41 Å². The Morgan fingerprint density at radius 2 is 1.36 bits per heavy atom. The van der Waals surface area contributed by atoms with E-state index in [1.54, 1.807) is 0 Å². The smallest absolute Gasteiger partial charge is 0.265 e. The quantitative estimate of drug-likeness (QED) is 0.147. The lowest BCUT2D eigenvalue weighted by atomic mass is 9.98. The van der Waals surface area contributed by atoms with Crippen LogP contribution in [0.3, 0.4) is 0 Å². The molecule has 3 rings (SSSR count). The fraction of sp³-hybridized carbons (Fsp3) is 0.741. The van der Waals surface area contributed by atoms with Gasteiger partial charge in [-0.3, -0.25) is 5.41 Å². The van der Waals surface area contributed by atoms with Crippen LogP contribution >= 0.6 is 34.8 Å². The molecule has 2 saturated heterocycles. The molecule has 2 aliphatic heterocycles. The van der Waals surface area contributed by atoms with Gasteiger partial charge in [0.05, 0.1) is 6.61 Å². The van der Waals surface area contributed by atoms with Crippen LogP contribution in [0.25, 0.3) is 0 Å². The summed E-state index contributed by atoms with van der Waals surface area (Å²) in [7, 11) is -4.78. The molecule has 1 unspecified atom stereocenters. The summed E-state index contributed by atoms with van der Waals surface area (Å²) in [5.41, 5.74) is 0.903. The third-order valence-electron chi connectivity index (χ3n) is 8.32. The summed E-state index contributed by atoms with van der Waals surface area (Å²) in [6.45, 7) is 21.9. The van der Waals surface area contributed by atoms with Gasteiger partial charge in [-0.2, -0.15) is 0 Å². The first-order valence-electron chi connectivity index (χ1n) is 13.3. The van der Waals surface area contributed by atoms with Gasteiger partial charge < -0.3 is 27.8 Å². The lowest BCUT2D eigenvalue weighted by Gasteiger charge is -2.54. The van der Waals surface area contributed by atoms with Crippen molar-refractivity contribution in [3.8, 4) is 0 Å². The largest absolute Gasteiger partial charge is 0.445 e. The highest BCUT2D eigenvalue weighted by Gasteiger charge is 2.57. The van der Waals surface area contributed by atoms with E-state index in [-0.39, 0.29) is 16.7 Å². The van der Waals surface area contributed by atoms with Crippen LogP contribution in [0.1, 0.15) is 53.4 Å². The first-order chi connectivity index (χ1) is 17.6. The number of hydrogen-bond donors (Lipinski definition) is 1. The Balaban J connectivity index is 2.08. The maximum atomic E-state index is 8.30. The number of fused-ring (bicyclic) bond motifs is 1. The molecule has 0 bridgehead atoms. The molecule has 12 heteroatoms. The van der Waals surface area contributed by atoms with E-state index in [1.807, 2.05) is 30.3 Å². The summed E-state index contributed by atoms with van der Waals surface area (Å²) in [6, 6.07) is 9.79. The predicted molar refractivity (Wildman–Crippen MR) is 162 cm³/mol. The first-order valence-corrected chi connectivity index (χ1v) is 20.2. The normalized spacial score (nSPS) is 29.1. The van der Waals surface area contributed by atoms with Crippen molar-refractivity contribution in [2.75, 3.05) is 6.61 Å². The average Bonchev–Trinajstić information content (AvgIpc) is 2.79. The second-order valence-electron chi connectivity index (χ2n) is 13.3. The van der Waals surface area contributed by atoms with Crippen LogP contribution in [0.4, 0.5) is 0 Å². The van der Waals surface area contributed by atoms with Crippen molar-refractivity contribution >= 4 is 57.3 Å². The Morgan fingerprint density at radius 1 is 0.846 bits per heavy atom. The van der Waals surface area contributed by atoms with E-state index in [0.29, 0.717) is 0 Å². The summed E-state index contributed by atoms with van der Waals surface area (Å²) in [6.07, 6.45) is -4.06. The van der Waals surface area contributed by atoms with Gasteiger partial charge in [0.25, 0.3) is 3.79 Å². The van der Waals surface area contributed by atoms with Crippen LogP contribution < -0.4 is 0 Å². The molecule has 1 aromatic rings. The highest BCUT2D eigenvalue weighted by molar-refractivity contribution is 6.76. The molecule has 7 nitrogen and oxygen atoms in total. The van der Waals surface area contributed by atoms with Gasteiger partial charge in [-0.1, -0.05) is 107 Å². The standard InChI is InChI=1S/C27H44Cl3NO6Si2/c1-25(2,3)38(7,8)36-20-19-18(16-32-22(34-19)17-14-12-11-13-15-17)33-23(35-24(31)27(28,29)30)21(20)37-39(9,10)26(4,5)6/h11-15,18-23,31H,16H2,1-10H3/t18-,19-,20+,21-,22?,23-/m1/s1. The second-order valence-corrected chi connectivity index (χ2v) is 25.1. The minimum absolute atomic E-state index is 0.0903. The fourth-order valence-corrected chi connectivity index (χ4v) is 6.61. The topological polar surface area (TPSA) is 79.2 Å². The van der Waals surface area contributed by atoms with Crippen molar-refractivity contribution in [1.29, 1.82) is 5.41 Å². The van der Waals surface area contributed by atoms with Crippen LogP contribution in [0.15, 0.2) is 30.3 Å². The summed E-state index contributed by atoms with van der Waals surface area (Å²) in [4.78, 5) is 0. The molecule has 0 saturated carbocycles. The van der Waals surface area contributed by atoms with E-state index in [1.165, 1.54) is 0 Å². The predicted octanol–water partition coefficient (Wildman–Crippen LogP) is 7.97. The van der Waals surface area contributed by atoms with Crippen molar-refractivity contribution in [3.63, 3.8) is 0 Å². The summed E-state index contributed by atoms with van der Waals surface area (Å²) in [5, 5.41) is 8.09. The van der Waals surface area contributed by atoms with Gasteiger partial charge in [0.2, 0.25) is 12.2 Å². The van der Waals surface area contributed by atoms with Crippen LogP contribution in [0.2, 0.25) is 36.3 Å². The lowest BCUT2D eigenvalue weighted by molar-refractivity contribution is -0.348. The molecule has 2 aliphatic rings. The zero-order valence-electron chi connectivity index (χ0n) is 24.6. The number of nitrogens with one attached hydrogen (secondary N) is 1. The van der Waals surface area contributed by atoms with E-state index in [2.05, 4.69) is 67.7 Å². The summed E-state index contributed by atoms with van der Waals surface area (Å²) >= 11 is 18.0. The number of hydrogen-bond acceptors (Lipinski definition) is 7. The minimum Gasteiger partial charge on any atom is -0.445 e. The van der Waals surface area contributed by atoms with Crippen molar-refractivity contribution in [2.24, 2.45) is 0 Å². The Labute approximate surface area is 250 Å². The molecule has 0 amide bonds. The Morgan fingerprint density at radius 3 is 1.85 bits per heavy atom. The second kappa shape index (κ2) is 11.8. The average molecular weight is 641 g/mol. The monoisotopic (exact) mass is 639 g/mol. The van der Waals surface area contributed by atoms with Crippen molar-refractivity contribution < 1.29 is 27.8 Å². The fourth-order valence-electron chi connectivity index (χ4n) is 3.90. The molecule has 1 aromatic carbocycles. The lowest BCUT2D eigenvalue weighted by Crippen LogP contribution is -2.68. The van der Waals surface area contributed by atoms with E-state index in [0.717, 1.165) is 5.56 Å². The third-order valence-corrected chi connectivity index (χ3v) is 17.8. The Kier molecular flexibility index (Phi) is 10.1. The Hall–Kier alpha value is -0.206. The van der Waals surface area contributed by atoms with Gasteiger partial charge in [0.1, 0.15) is 24.4 Å².